The fourth-order valence-electron chi connectivity index (χ4n) is 0.932. The van der Waals surface area contributed by atoms with E-state index in [-0.39, 0.29) is 5.43 Å². The molecule has 0 aromatic carbocycles. The molecule has 0 bridgehead atoms. The van der Waals surface area contributed by atoms with Gasteiger partial charge in [-0.15, -0.1) is 0 Å². The van der Waals surface area contributed by atoms with Gasteiger partial charge in [0, 0.05) is 24.5 Å². The molecule has 78 valence electrons. The smallest absolute Gasteiger partial charge is 0.340 e. The van der Waals surface area contributed by atoms with Crippen LogP contribution in [-0.4, -0.2) is 10.7 Å². The number of alkyl halides is 3. The van der Waals surface area contributed by atoms with E-state index in [1.165, 1.54) is 0 Å². The molecule has 2 nitrogen and oxygen atoms in total. The summed E-state index contributed by atoms with van der Waals surface area (Å²) < 4.78 is 38.5. The second kappa shape index (κ2) is 3.15. The Labute approximate surface area is 79.0 Å². The summed E-state index contributed by atoms with van der Waals surface area (Å²) in [6.45, 7) is 2.11. The van der Waals surface area contributed by atoms with E-state index in [1.807, 2.05) is 0 Å². The average molecular weight is 205 g/mol. The first-order valence-electron chi connectivity index (χ1n) is 4.01. The van der Waals surface area contributed by atoms with Gasteiger partial charge in [0.1, 0.15) is 5.54 Å². The number of hydrogen-bond donors (Lipinski definition) is 0. The van der Waals surface area contributed by atoms with Crippen molar-refractivity contribution in [1.29, 1.82) is 0 Å². The molecule has 0 aliphatic rings. The van der Waals surface area contributed by atoms with Crippen molar-refractivity contribution in [3.8, 4) is 0 Å². The van der Waals surface area contributed by atoms with Gasteiger partial charge >= 0.3 is 6.18 Å². The minimum absolute atomic E-state index is 0.306. The molecule has 0 saturated carbocycles. The molecular formula is C9H10F3NO. The van der Waals surface area contributed by atoms with Gasteiger partial charge in [-0.05, 0) is 13.8 Å². The molecule has 1 rings (SSSR count). The molecule has 0 spiro atoms. The highest BCUT2D eigenvalue weighted by Gasteiger charge is 2.48. The van der Waals surface area contributed by atoms with E-state index < -0.39 is 11.7 Å². The van der Waals surface area contributed by atoms with Crippen LogP contribution >= 0.6 is 0 Å². The van der Waals surface area contributed by atoms with E-state index in [9.17, 15) is 18.0 Å². The maximum absolute atomic E-state index is 12.5. The highest BCUT2D eigenvalue weighted by Crippen LogP contribution is 2.35. The lowest BCUT2D eigenvalue weighted by atomic mass is 10.0. The van der Waals surface area contributed by atoms with Crippen LogP contribution in [0.2, 0.25) is 0 Å². The molecule has 0 N–H and O–H groups in total. The summed E-state index contributed by atoms with van der Waals surface area (Å²) in [6, 6.07) is 2.21. The van der Waals surface area contributed by atoms with Gasteiger partial charge in [0.2, 0.25) is 0 Å². The zero-order chi connectivity index (χ0) is 11.0. The van der Waals surface area contributed by atoms with E-state index in [0.29, 0.717) is 0 Å². The fourth-order valence-corrected chi connectivity index (χ4v) is 0.932. The van der Waals surface area contributed by atoms with Crippen molar-refractivity contribution in [3.05, 3.63) is 34.7 Å². The zero-order valence-electron chi connectivity index (χ0n) is 7.80. The zero-order valence-corrected chi connectivity index (χ0v) is 7.80. The Kier molecular flexibility index (Phi) is 2.43. The highest BCUT2D eigenvalue weighted by molar-refractivity contribution is 4.99. The molecule has 1 aromatic heterocycles. The third-order valence-electron chi connectivity index (χ3n) is 2.14. The van der Waals surface area contributed by atoms with E-state index in [4.69, 9.17) is 0 Å². The molecule has 0 atom stereocenters. The van der Waals surface area contributed by atoms with Crippen molar-refractivity contribution in [2.45, 2.75) is 25.6 Å². The van der Waals surface area contributed by atoms with Crippen molar-refractivity contribution < 1.29 is 13.2 Å². The Bertz CT molecular complexity index is 358. The van der Waals surface area contributed by atoms with Crippen LogP contribution in [-0.2, 0) is 5.54 Å². The minimum atomic E-state index is -4.35. The van der Waals surface area contributed by atoms with Crippen molar-refractivity contribution in [2.75, 3.05) is 0 Å². The Morgan fingerprint density at radius 2 is 1.57 bits per heavy atom. The van der Waals surface area contributed by atoms with Crippen LogP contribution in [0.1, 0.15) is 13.8 Å². The molecule has 0 amide bonds. The molecule has 0 fully saturated rings. The first-order chi connectivity index (χ1) is 6.25. The third kappa shape index (κ3) is 1.81. The molecule has 0 saturated heterocycles. The lowest BCUT2D eigenvalue weighted by Crippen LogP contribution is -2.42. The lowest BCUT2D eigenvalue weighted by Gasteiger charge is -2.30. The molecule has 0 aliphatic heterocycles. The summed E-state index contributed by atoms with van der Waals surface area (Å²) in [4.78, 5) is 10.7. The highest BCUT2D eigenvalue weighted by atomic mass is 19.4. The van der Waals surface area contributed by atoms with Gasteiger partial charge in [0.05, 0.1) is 0 Å². The van der Waals surface area contributed by atoms with Crippen LogP contribution in [0.15, 0.2) is 29.3 Å². The molecule has 14 heavy (non-hydrogen) atoms. The standard InChI is InChI=1S/C9H10F3NO/c1-8(2,9(10,11)12)13-5-3-7(14)4-6-13/h3-6H,1-2H3. The maximum Gasteiger partial charge on any atom is 0.411 e. The number of halogens is 3. The number of rotatable bonds is 1. The first-order valence-corrected chi connectivity index (χ1v) is 4.01. The van der Waals surface area contributed by atoms with Crippen LogP contribution in [0.3, 0.4) is 0 Å². The van der Waals surface area contributed by atoms with Gasteiger partial charge in [-0.1, -0.05) is 0 Å². The number of hydrogen-bond acceptors (Lipinski definition) is 1. The molecule has 1 heterocycles. The lowest BCUT2D eigenvalue weighted by molar-refractivity contribution is -0.202. The van der Waals surface area contributed by atoms with Crippen molar-refractivity contribution >= 4 is 0 Å². The minimum Gasteiger partial charge on any atom is -0.340 e. The molecule has 0 aliphatic carbocycles. The number of aromatic nitrogens is 1. The molecule has 5 heteroatoms. The predicted octanol–water partition coefficient (Wildman–Crippen LogP) is 2.15. The summed E-state index contributed by atoms with van der Waals surface area (Å²) in [6.07, 6.45) is -2.08. The summed E-state index contributed by atoms with van der Waals surface area (Å²) in [5, 5.41) is 0. The largest absolute Gasteiger partial charge is 0.411 e. The third-order valence-corrected chi connectivity index (χ3v) is 2.14. The van der Waals surface area contributed by atoms with E-state index in [1.54, 1.807) is 0 Å². The van der Waals surface area contributed by atoms with E-state index >= 15 is 0 Å². The van der Waals surface area contributed by atoms with Crippen LogP contribution in [0.4, 0.5) is 13.2 Å². The van der Waals surface area contributed by atoms with Gasteiger partial charge in [0.25, 0.3) is 0 Å². The van der Waals surface area contributed by atoms with Crippen LogP contribution in [0, 0.1) is 0 Å². The normalized spacial score (nSPS) is 12.9. The van der Waals surface area contributed by atoms with Crippen molar-refractivity contribution in [2.24, 2.45) is 0 Å². The Balaban J connectivity index is 3.17. The van der Waals surface area contributed by atoms with Crippen LogP contribution < -0.4 is 5.43 Å². The van der Waals surface area contributed by atoms with Gasteiger partial charge in [0.15, 0.2) is 5.43 Å². The summed E-state index contributed by atoms with van der Waals surface area (Å²) >= 11 is 0. The van der Waals surface area contributed by atoms with Crippen LogP contribution in [0.5, 0.6) is 0 Å². The van der Waals surface area contributed by atoms with Crippen LogP contribution in [0.25, 0.3) is 0 Å². The fraction of sp³-hybridized carbons (Fsp3) is 0.444. The molecule has 0 radical (unpaired) electrons. The Morgan fingerprint density at radius 3 is 1.93 bits per heavy atom. The molecular weight excluding hydrogens is 195 g/mol. The maximum atomic E-state index is 12.5. The first kappa shape index (κ1) is 10.8. The van der Waals surface area contributed by atoms with Gasteiger partial charge in [-0.2, -0.15) is 13.2 Å². The summed E-state index contributed by atoms with van der Waals surface area (Å²) in [5.74, 6) is 0. The topological polar surface area (TPSA) is 22.0 Å². The van der Waals surface area contributed by atoms with Crippen molar-refractivity contribution in [1.82, 2.24) is 4.57 Å². The number of pyridine rings is 1. The number of nitrogens with zero attached hydrogens (tertiary/aromatic N) is 1. The second-order valence-corrected chi connectivity index (χ2v) is 3.50. The quantitative estimate of drug-likeness (QED) is 0.688. The SMILES string of the molecule is CC(C)(n1ccc(=O)cc1)C(F)(F)F. The average Bonchev–Trinajstić information content (AvgIpc) is 2.03. The van der Waals surface area contributed by atoms with E-state index in [0.717, 1.165) is 42.9 Å². The van der Waals surface area contributed by atoms with Crippen molar-refractivity contribution in [3.63, 3.8) is 0 Å². The molecule has 0 unspecified atom stereocenters. The predicted molar refractivity (Wildman–Crippen MR) is 46.1 cm³/mol. The van der Waals surface area contributed by atoms with Gasteiger partial charge in [-0.25, -0.2) is 0 Å². The second-order valence-electron chi connectivity index (χ2n) is 3.50. The Hall–Kier alpha value is -1.26. The Morgan fingerprint density at radius 1 is 1.14 bits per heavy atom. The summed E-state index contributed by atoms with van der Waals surface area (Å²) in [7, 11) is 0. The monoisotopic (exact) mass is 205 g/mol. The summed E-state index contributed by atoms with van der Waals surface area (Å²) in [5.41, 5.74) is -2.31. The van der Waals surface area contributed by atoms with E-state index in [2.05, 4.69) is 0 Å². The van der Waals surface area contributed by atoms with Gasteiger partial charge in [-0.3, -0.25) is 4.79 Å². The van der Waals surface area contributed by atoms with Gasteiger partial charge < -0.3 is 4.57 Å². The molecule has 1 aromatic rings.